The SMILES string of the molecule is Cc1cncc(-c2nc(C(C)(N)COC(C)C)no2)c1. The van der Waals surface area contributed by atoms with E-state index in [2.05, 4.69) is 15.1 Å². The molecule has 0 aromatic carbocycles. The summed E-state index contributed by atoms with van der Waals surface area (Å²) < 4.78 is 10.8. The van der Waals surface area contributed by atoms with Crippen LogP contribution >= 0.6 is 0 Å². The Morgan fingerprint density at radius 3 is 2.80 bits per heavy atom. The van der Waals surface area contributed by atoms with Gasteiger partial charge in [0.15, 0.2) is 5.82 Å². The first-order valence-electron chi connectivity index (χ1n) is 6.55. The van der Waals surface area contributed by atoms with E-state index in [1.807, 2.05) is 33.8 Å². The van der Waals surface area contributed by atoms with Crippen molar-refractivity contribution in [2.45, 2.75) is 39.3 Å². The normalized spacial score (nSPS) is 14.5. The lowest BCUT2D eigenvalue weighted by Gasteiger charge is -2.21. The minimum Gasteiger partial charge on any atom is -0.376 e. The van der Waals surface area contributed by atoms with E-state index in [9.17, 15) is 0 Å². The van der Waals surface area contributed by atoms with Gasteiger partial charge in [0.25, 0.3) is 5.89 Å². The van der Waals surface area contributed by atoms with Gasteiger partial charge in [-0.2, -0.15) is 4.98 Å². The third-order valence-electron chi connectivity index (χ3n) is 2.78. The van der Waals surface area contributed by atoms with Crippen LogP contribution in [0.15, 0.2) is 23.0 Å². The zero-order valence-electron chi connectivity index (χ0n) is 12.3. The van der Waals surface area contributed by atoms with Crippen molar-refractivity contribution in [1.29, 1.82) is 0 Å². The summed E-state index contributed by atoms with van der Waals surface area (Å²) in [6.07, 6.45) is 3.55. The monoisotopic (exact) mass is 276 g/mol. The molecule has 0 amide bonds. The van der Waals surface area contributed by atoms with Crippen LogP contribution in [0, 0.1) is 6.92 Å². The summed E-state index contributed by atoms with van der Waals surface area (Å²) in [4.78, 5) is 8.46. The molecule has 2 rings (SSSR count). The van der Waals surface area contributed by atoms with Crippen LogP contribution in [-0.4, -0.2) is 27.8 Å². The molecule has 6 nitrogen and oxygen atoms in total. The molecule has 1 atom stereocenters. The number of nitrogens with two attached hydrogens (primary N) is 1. The Morgan fingerprint density at radius 1 is 1.40 bits per heavy atom. The van der Waals surface area contributed by atoms with Crippen LogP contribution in [0.1, 0.15) is 32.2 Å². The Kier molecular flexibility index (Phi) is 4.15. The van der Waals surface area contributed by atoms with Gasteiger partial charge in [0.1, 0.15) is 5.54 Å². The molecule has 0 aliphatic heterocycles. The highest BCUT2D eigenvalue weighted by Gasteiger charge is 2.28. The van der Waals surface area contributed by atoms with Crippen LogP contribution < -0.4 is 5.73 Å². The second-order valence-corrected chi connectivity index (χ2v) is 5.45. The molecular formula is C14H20N4O2. The highest BCUT2D eigenvalue weighted by Crippen LogP contribution is 2.21. The van der Waals surface area contributed by atoms with Crippen LogP contribution in [0.2, 0.25) is 0 Å². The highest BCUT2D eigenvalue weighted by molar-refractivity contribution is 5.52. The Morgan fingerprint density at radius 2 is 2.15 bits per heavy atom. The molecule has 2 heterocycles. The molecule has 0 saturated heterocycles. The molecule has 1 unspecified atom stereocenters. The highest BCUT2D eigenvalue weighted by atomic mass is 16.5. The van der Waals surface area contributed by atoms with Crippen molar-refractivity contribution < 1.29 is 9.26 Å². The maximum absolute atomic E-state index is 6.18. The summed E-state index contributed by atoms with van der Waals surface area (Å²) in [7, 11) is 0. The number of aryl methyl sites for hydroxylation is 1. The van der Waals surface area contributed by atoms with Gasteiger partial charge in [-0.05, 0) is 39.3 Å². The van der Waals surface area contributed by atoms with E-state index < -0.39 is 5.54 Å². The van der Waals surface area contributed by atoms with E-state index in [-0.39, 0.29) is 6.10 Å². The molecule has 0 saturated carbocycles. The minimum absolute atomic E-state index is 0.102. The van der Waals surface area contributed by atoms with Crippen molar-refractivity contribution in [2.75, 3.05) is 6.61 Å². The van der Waals surface area contributed by atoms with Crippen LogP contribution in [0.25, 0.3) is 11.5 Å². The predicted molar refractivity (Wildman–Crippen MR) is 74.9 cm³/mol. The van der Waals surface area contributed by atoms with Gasteiger partial charge in [0.2, 0.25) is 0 Å². The Balaban J connectivity index is 2.20. The number of pyridine rings is 1. The molecular weight excluding hydrogens is 256 g/mol. The molecule has 6 heteroatoms. The lowest BCUT2D eigenvalue weighted by Crippen LogP contribution is -2.40. The molecule has 2 N–H and O–H groups in total. The number of nitrogens with zero attached hydrogens (tertiary/aromatic N) is 3. The van der Waals surface area contributed by atoms with E-state index in [0.717, 1.165) is 11.1 Å². The standard InChI is InChI=1S/C14H20N4O2/c1-9(2)19-8-14(4,15)13-17-12(20-18-13)11-5-10(3)6-16-7-11/h5-7,9H,8,15H2,1-4H3. The van der Waals surface area contributed by atoms with Gasteiger partial charge in [-0.3, -0.25) is 4.98 Å². The van der Waals surface area contributed by atoms with Crippen molar-refractivity contribution in [2.24, 2.45) is 5.73 Å². The van der Waals surface area contributed by atoms with Gasteiger partial charge in [0, 0.05) is 12.4 Å². The van der Waals surface area contributed by atoms with Crippen molar-refractivity contribution >= 4 is 0 Å². The Hall–Kier alpha value is -1.79. The number of hydrogen-bond donors (Lipinski definition) is 1. The first kappa shape index (κ1) is 14.6. The van der Waals surface area contributed by atoms with Crippen molar-refractivity contribution in [1.82, 2.24) is 15.1 Å². The van der Waals surface area contributed by atoms with Crippen LogP contribution in [-0.2, 0) is 10.3 Å². The smallest absolute Gasteiger partial charge is 0.259 e. The van der Waals surface area contributed by atoms with Crippen LogP contribution in [0.3, 0.4) is 0 Å². The summed E-state index contributed by atoms with van der Waals surface area (Å²) in [5.74, 6) is 0.840. The zero-order valence-corrected chi connectivity index (χ0v) is 12.3. The Bertz CT molecular complexity index is 578. The molecule has 0 spiro atoms. The van der Waals surface area contributed by atoms with Crippen LogP contribution in [0.5, 0.6) is 0 Å². The average molecular weight is 276 g/mol. The van der Waals surface area contributed by atoms with Crippen molar-refractivity contribution in [3.8, 4) is 11.5 Å². The van der Waals surface area contributed by atoms with E-state index in [4.69, 9.17) is 15.0 Å². The third-order valence-corrected chi connectivity index (χ3v) is 2.78. The molecule has 0 bridgehead atoms. The van der Waals surface area contributed by atoms with E-state index in [0.29, 0.717) is 18.3 Å². The van der Waals surface area contributed by atoms with Gasteiger partial charge >= 0.3 is 0 Å². The third kappa shape index (κ3) is 3.40. The first-order chi connectivity index (χ1) is 9.38. The number of hydrogen-bond acceptors (Lipinski definition) is 6. The summed E-state index contributed by atoms with van der Waals surface area (Å²) in [5.41, 5.74) is 7.20. The van der Waals surface area contributed by atoms with E-state index in [1.165, 1.54) is 0 Å². The van der Waals surface area contributed by atoms with Gasteiger partial charge < -0.3 is 15.0 Å². The Labute approximate surface area is 118 Å². The molecule has 0 aliphatic carbocycles. The minimum atomic E-state index is -0.788. The average Bonchev–Trinajstić information content (AvgIpc) is 2.87. The van der Waals surface area contributed by atoms with Gasteiger partial charge in [-0.25, -0.2) is 0 Å². The molecule has 0 fully saturated rings. The van der Waals surface area contributed by atoms with Gasteiger partial charge in [-0.1, -0.05) is 5.16 Å². The molecule has 0 radical (unpaired) electrons. The molecule has 2 aromatic rings. The topological polar surface area (TPSA) is 87.1 Å². The van der Waals surface area contributed by atoms with Crippen molar-refractivity contribution in [3.05, 3.63) is 29.8 Å². The fourth-order valence-corrected chi connectivity index (χ4v) is 1.65. The summed E-state index contributed by atoms with van der Waals surface area (Å²) >= 11 is 0. The number of ether oxygens (including phenoxy) is 1. The maximum Gasteiger partial charge on any atom is 0.259 e. The van der Waals surface area contributed by atoms with E-state index in [1.54, 1.807) is 12.4 Å². The van der Waals surface area contributed by atoms with Gasteiger partial charge in [0.05, 0.1) is 18.3 Å². The second-order valence-electron chi connectivity index (χ2n) is 5.45. The summed E-state index contributed by atoms with van der Waals surface area (Å²) in [5, 5.41) is 3.95. The number of aromatic nitrogens is 3. The molecule has 0 aliphatic rings. The predicted octanol–water partition coefficient (Wildman–Crippen LogP) is 2.04. The molecule has 2 aromatic heterocycles. The zero-order chi connectivity index (χ0) is 14.8. The fraction of sp³-hybridized carbons (Fsp3) is 0.500. The lowest BCUT2D eigenvalue weighted by atomic mass is 10.1. The summed E-state index contributed by atoms with van der Waals surface area (Å²) in [6, 6.07) is 1.93. The first-order valence-corrected chi connectivity index (χ1v) is 6.55. The second kappa shape index (κ2) is 5.68. The van der Waals surface area contributed by atoms with Gasteiger partial charge in [-0.15, -0.1) is 0 Å². The molecule has 108 valence electrons. The van der Waals surface area contributed by atoms with E-state index >= 15 is 0 Å². The lowest BCUT2D eigenvalue weighted by molar-refractivity contribution is 0.0410. The fourth-order valence-electron chi connectivity index (χ4n) is 1.65. The summed E-state index contributed by atoms with van der Waals surface area (Å²) in [6.45, 7) is 8.01. The quantitative estimate of drug-likeness (QED) is 0.899. The van der Waals surface area contributed by atoms with Crippen LogP contribution in [0.4, 0.5) is 0 Å². The van der Waals surface area contributed by atoms with Crippen molar-refractivity contribution in [3.63, 3.8) is 0 Å². The largest absolute Gasteiger partial charge is 0.376 e. The number of rotatable bonds is 5. The maximum atomic E-state index is 6.18. The molecule has 20 heavy (non-hydrogen) atoms.